The molecular weight excluding hydrogens is 350 g/mol. The fourth-order valence-electron chi connectivity index (χ4n) is 1.31. The van der Waals surface area contributed by atoms with Gasteiger partial charge in [0.05, 0.1) is 0 Å². The van der Waals surface area contributed by atoms with Gasteiger partial charge in [0.1, 0.15) is 25.6 Å². The van der Waals surface area contributed by atoms with Gasteiger partial charge in [-0.2, -0.15) is 0 Å². The monoisotopic (exact) mass is 369 g/mol. The van der Waals surface area contributed by atoms with Crippen molar-refractivity contribution in [2.24, 2.45) is 0 Å². The summed E-state index contributed by atoms with van der Waals surface area (Å²) >= 11 is -0.368. The normalized spacial score (nSPS) is 8.76. The van der Waals surface area contributed by atoms with Crippen molar-refractivity contribution in [1.29, 1.82) is 0 Å². The fraction of sp³-hybridized carbons (Fsp3) is 0.286. The molecule has 2 rings (SSSR count). The zero-order chi connectivity index (χ0) is 15.8. The molecule has 21 heavy (non-hydrogen) atoms. The van der Waals surface area contributed by atoms with E-state index in [-0.39, 0.29) is 14.4 Å². The molecule has 0 aliphatic rings. The Hall–Kier alpha value is -0.616. The molecule has 0 atom stereocenters. The molecule has 0 aliphatic carbocycles. The van der Waals surface area contributed by atoms with Crippen LogP contribution in [0.2, 0.25) is 0 Å². The SMILES string of the molecule is C[OH+]Cc1ccccn1.C[OH+]Cc1ccccn1.[Cl][V][Cl]. The predicted molar refractivity (Wildman–Crippen MR) is 83.9 cm³/mol. The van der Waals surface area contributed by atoms with Crippen molar-refractivity contribution in [3.05, 3.63) is 60.2 Å². The predicted octanol–water partition coefficient (Wildman–Crippen LogP) is 2.86. The van der Waals surface area contributed by atoms with Crippen molar-refractivity contribution >= 4 is 19.7 Å². The Bertz CT molecular complexity index is 394. The van der Waals surface area contributed by atoms with E-state index in [0.29, 0.717) is 0 Å². The Morgan fingerprint density at radius 3 is 1.48 bits per heavy atom. The number of pyridine rings is 2. The van der Waals surface area contributed by atoms with Crippen LogP contribution in [0.15, 0.2) is 48.8 Å². The van der Waals surface area contributed by atoms with Crippen LogP contribution < -0.4 is 0 Å². The zero-order valence-corrected chi connectivity index (χ0v) is 14.9. The molecule has 2 N–H and O–H groups in total. The molecular formula is C14H20Cl2N2O2V+2. The van der Waals surface area contributed by atoms with E-state index in [1.54, 1.807) is 26.6 Å². The number of halogens is 2. The summed E-state index contributed by atoms with van der Waals surface area (Å²) in [5.41, 5.74) is 2.06. The summed E-state index contributed by atoms with van der Waals surface area (Å²) in [5, 5.41) is 0. The van der Waals surface area contributed by atoms with Crippen LogP contribution in [0.5, 0.6) is 0 Å². The summed E-state index contributed by atoms with van der Waals surface area (Å²) in [4.78, 5) is 8.15. The quantitative estimate of drug-likeness (QED) is 0.778. The maximum absolute atomic E-state index is 4.86. The topological polar surface area (TPSA) is 51.4 Å². The molecule has 4 nitrogen and oxygen atoms in total. The molecule has 0 bridgehead atoms. The first kappa shape index (κ1) is 20.4. The Morgan fingerprint density at radius 1 is 0.857 bits per heavy atom. The summed E-state index contributed by atoms with van der Waals surface area (Å²) < 4.78 is 7.89. The van der Waals surface area contributed by atoms with Crippen LogP contribution >= 0.6 is 19.7 Å². The van der Waals surface area contributed by atoms with Gasteiger partial charge in [-0.25, -0.2) is 0 Å². The maximum atomic E-state index is 4.86. The fourth-order valence-corrected chi connectivity index (χ4v) is 1.31. The Kier molecular flexibility index (Phi) is 15.3. The molecule has 0 saturated heterocycles. The number of hydrogen-bond acceptors (Lipinski definition) is 2. The van der Waals surface area contributed by atoms with Gasteiger partial charge in [-0.3, -0.25) is 9.97 Å². The minimum absolute atomic E-state index is 0.368. The van der Waals surface area contributed by atoms with E-state index < -0.39 is 0 Å². The Labute approximate surface area is 141 Å². The number of nitrogens with zero attached hydrogens (tertiary/aromatic N) is 2. The minimum atomic E-state index is -0.368. The van der Waals surface area contributed by atoms with E-state index in [0.717, 1.165) is 24.6 Å². The summed E-state index contributed by atoms with van der Waals surface area (Å²) in [5.74, 6) is 0. The Balaban J connectivity index is 0.000000322. The average molecular weight is 370 g/mol. The number of hydrogen-bond donors (Lipinski definition) is 0. The second-order valence-electron chi connectivity index (χ2n) is 3.65. The van der Waals surface area contributed by atoms with Crippen molar-refractivity contribution in [2.75, 3.05) is 14.2 Å². The third-order valence-electron chi connectivity index (χ3n) is 2.09. The second-order valence-corrected chi connectivity index (χ2v) is 5.96. The third kappa shape index (κ3) is 12.8. The van der Waals surface area contributed by atoms with Gasteiger partial charge in [0.25, 0.3) is 0 Å². The van der Waals surface area contributed by atoms with E-state index in [9.17, 15) is 0 Å². The molecule has 0 aromatic carbocycles. The van der Waals surface area contributed by atoms with Crippen LogP contribution in [0.1, 0.15) is 11.4 Å². The van der Waals surface area contributed by atoms with Crippen LogP contribution in [-0.2, 0) is 27.6 Å². The first-order chi connectivity index (χ1) is 10.3. The summed E-state index contributed by atoms with van der Waals surface area (Å²) in [6.07, 6.45) is 3.56. The van der Waals surface area contributed by atoms with Crippen molar-refractivity contribution in [2.45, 2.75) is 13.2 Å². The van der Waals surface area contributed by atoms with Crippen molar-refractivity contribution in [1.82, 2.24) is 9.97 Å². The van der Waals surface area contributed by atoms with E-state index in [2.05, 4.69) is 19.4 Å². The van der Waals surface area contributed by atoms with Crippen LogP contribution in [-0.4, -0.2) is 33.7 Å². The molecule has 2 heterocycles. The summed E-state index contributed by atoms with van der Waals surface area (Å²) in [6.45, 7) is 1.45. The molecule has 0 saturated carbocycles. The molecule has 2 aromatic heterocycles. The number of ether oxygens (including phenoxy) is 2. The van der Waals surface area contributed by atoms with Crippen LogP contribution in [0.4, 0.5) is 0 Å². The average Bonchev–Trinajstić information content (AvgIpc) is 2.52. The van der Waals surface area contributed by atoms with Gasteiger partial charge in [0.15, 0.2) is 13.2 Å². The van der Waals surface area contributed by atoms with Crippen LogP contribution in [0.3, 0.4) is 0 Å². The van der Waals surface area contributed by atoms with Crippen LogP contribution in [0.25, 0.3) is 0 Å². The van der Waals surface area contributed by atoms with E-state index in [4.69, 9.17) is 19.7 Å². The van der Waals surface area contributed by atoms with E-state index in [1.165, 1.54) is 0 Å². The molecule has 2 aromatic rings. The Morgan fingerprint density at radius 2 is 1.24 bits per heavy atom. The number of aromatic nitrogens is 2. The molecule has 0 spiro atoms. The van der Waals surface area contributed by atoms with Gasteiger partial charge in [-0.15, -0.1) is 0 Å². The molecule has 0 radical (unpaired) electrons. The molecule has 115 valence electrons. The third-order valence-corrected chi connectivity index (χ3v) is 2.09. The standard InChI is InChI=1S/2C7H9NO.2ClH.V/c2*1-9-6-7-4-2-3-5-8-7;;;/h2*2-5H,6H2,1H3;2*1H;/q;;;;+2. The zero-order valence-electron chi connectivity index (χ0n) is 12.0. The number of aliphatic hydroxyl groups is 4. The van der Waals surface area contributed by atoms with Gasteiger partial charge >= 0.3 is 34.1 Å². The van der Waals surface area contributed by atoms with E-state index in [1.807, 2.05) is 36.4 Å². The molecule has 7 heteroatoms. The van der Waals surface area contributed by atoms with Crippen LogP contribution in [0, 0.1) is 0 Å². The van der Waals surface area contributed by atoms with Gasteiger partial charge in [0.2, 0.25) is 0 Å². The van der Waals surface area contributed by atoms with Crippen molar-refractivity contribution < 1.29 is 23.8 Å². The van der Waals surface area contributed by atoms with Gasteiger partial charge < -0.3 is 9.47 Å². The molecule has 0 fully saturated rings. The number of rotatable bonds is 4. The molecule has 0 amide bonds. The van der Waals surface area contributed by atoms with Crippen molar-refractivity contribution in [3.63, 3.8) is 0 Å². The van der Waals surface area contributed by atoms with Gasteiger partial charge in [-0.05, 0) is 24.3 Å². The van der Waals surface area contributed by atoms with Crippen molar-refractivity contribution in [3.8, 4) is 0 Å². The first-order valence-electron chi connectivity index (χ1n) is 6.11. The van der Waals surface area contributed by atoms with E-state index >= 15 is 0 Å². The first-order valence-corrected chi connectivity index (χ1v) is 9.96. The summed E-state index contributed by atoms with van der Waals surface area (Å²) in [6, 6.07) is 11.7. The van der Waals surface area contributed by atoms with Gasteiger partial charge in [0, 0.05) is 12.4 Å². The summed E-state index contributed by atoms with van der Waals surface area (Å²) in [7, 11) is 13.3. The molecule has 0 unspecified atom stereocenters. The second kappa shape index (κ2) is 15.8. The van der Waals surface area contributed by atoms with Gasteiger partial charge in [-0.1, -0.05) is 12.1 Å². The molecule has 0 aliphatic heterocycles.